The third-order valence-electron chi connectivity index (χ3n) is 2.14. The van der Waals surface area contributed by atoms with Crippen LogP contribution in [0.3, 0.4) is 0 Å². The average molecular weight is 226 g/mol. The molecule has 1 unspecified atom stereocenters. The molecule has 4 heteroatoms. The SMILES string of the molecule is CCC(NC(=O)C(C)(C)C)c1nccs1. The molecule has 1 aromatic rings. The molecule has 0 aliphatic carbocycles. The molecule has 0 spiro atoms. The van der Waals surface area contributed by atoms with Crippen LogP contribution in [0.5, 0.6) is 0 Å². The van der Waals surface area contributed by atoms with E-state index in [1.54, 1.807) is 17.5 Å². The topological polar surface area (TPSA) is 42.0 Å². The average Bonchev–Trinajstić information content (AvgIpc) is 2.64. The van der Waals surface area contributed by atoms with Gasteiger partial charge in [0.05, 0.1) is 6.04 Å². The first-order valence-electron chi connectivity index (χ1n) is 5.15. The van der Waals surface area contributed by atoms with E-state index in [9.17, 15) is 4.79 Å². The van der Waals surface area contributed by atoms with Gasteiger partial charge in [0.15, 0.2) is 0 Å². The number of amides is 1. The van der Waals surface area contributed by atoms with Crippen molar-refractivity contribution in [3.05, 3.63) is 16.6 Å². The predicted molar refractivity (Wildman–Crippen MR) is 62.7 cm³/mol. The van der Waals surface area contributed by atoms with Crippen LogP contribution >= 0.6 is 11.3 Å². The quantitative estimate of drug-likeness (QED) is 0.861. The van der Waals surface area contributed by atoms with Crippen LogP contribution in [0.1, 0.15) is 45.2 Å². The highest BCUT2D eigenvalue weighted by atomic mass is 32.1. The van der Waals surface area contributed by atoms with Crippen LogP contribution in [0.15, 0.2) is 11.6 Å². The fourth-order valence-corrected chi connectivity index (χ4v) is 1.89. The Kier molecular flexibility index (Phi) is 3.85. The highest BCUT2D eigenvalue weighted by molar-refractivity contribution is 7.09. The standard InChI is InChI=1S/C11H18N2OS/c1-5-8(9-12-6-7-15-9)13-10(14)11(2,3)4/h6-8H,5H2,1-4H3,(H,13,14). The minimum atomic E-state index is -0.343. The highest BCUT2D eigenvalue weighted by Crippen LogP contribution is 2.21. The Morgan fingerprint density at radius 1 is 1.60 bits per heavy atom. The molecule has 84 valence electrons. The van der Waals surface area contributed by atoms with Gasteiger partial charge in [-0.25, -0.2) is 4.98 Å². The van der Waals surface area contributed by atoms with Gasteiger partial charge < -0.3 is 5.32 Å². The lowest BCUT2D eigenvalue weighted by atomic mass is 9.95. The summed E-state index contributed by atoms with van der Waals surface area (Å²) < 4.78 is 0. The highest BCUT2D eigenvalue weighted by Gasteiger charge is 2.24. The van der Waals surface area contributed by atoms with Gasteiger partial charge in [-0.1, -0.05) is 27.7 Å². The minimum Gasteiger partial charge on any atom is -0.346 e. The van der Waals surface area contributed by atoms with E-state index in [1.165, 1.54) is 0 Å². The summed E-state index contributed by atoms with van der Waals surface area (Å²) in [4.78, 5) is 16.0. The zero-order chi connectivity index (χ0) is 11.5. The summed E-state index contributed by atoms with van der Waals surface area (Å²) in [5, 5.41) is 5.93. The number of nitrogens with one attached hydrogen (secondary N) is 1. The molecule has 0 saturated carbocycles. The van der Waals surface area contributed by atoms with Gasteiger partial charge in [-0.2, -0.15) is 0 Å². The number of thiazole rings is 1. The van der Waals surface area contributed by atoms with E-state index in [0.717, 1.165) is 11.4 Å². The van der Waals surface area contributed by atoms with Gasteiger partial charge in [-0.3, -0.25) is 4.79 Å². The first-order valence-corrected chi connectivity index (χ1v) is 6.03. The molecule has 0 aliphatic heterocycles. The van der Waals surface area contributed by atoms with E-state index in [4.69, 9.17) is 0 Å². The van der Waals surface area contributed by atoms with Crippen LogP contribution < -0.4 is 5.32 Å². The summed E-state index contributed by atoms with van der Waals surface area (Å²) in [5.74, 6) is 0.0737. The molecule has 0 aliphatic rings. The Morgan fingerprint density at radius 3 is 2.67 bits per heavy atom. The number of aromatic nitrogens is 1. The summed E-state index contributed by atoms with van der Waals surface area (Å²) in [5.41, 5.74) is -0.343. The first kappa shape index (κ1) is 12.2. The summed E-state index contributed by atoms with van der Waals surface area (Å²) in [6.45, 7) is 7.79. The molecule has 1 heterocycles. The third-order valence-corrected chi connectivity index (χ3v) is 3.03. The fraction of sp³-hybridized carbons (Fsp3) is 0.636. The molecule has 1 atom stereocenters. The normalized spacial score (nSPS) is 13.6. The Hall–Kier alpha value is -0.900. The van der Waals surface area contributed by atoms with Crippen LogP contribution in [0.4, 0.5) is 0 Å². The maximum absolute atomic E-state index is 11.8. The molecule has 0 saturated heterocycles. The molecular formula is C11H18N2OS. The van der Waals surface area contributed by atoms with Crippen LogP contribution in [0.2, 0.25) is 0 Å². The van der Waals surface area contributed by atoms with Crippen molar-refractivity contribution in [3.8, 4) is 0 Å². The van der Waals surface area contributed by atoms with Crippen LogP contribution in [0, 0.1) is 5.41 Å². The Labute approximate surface area is 94.9 Å². The first-order chi connectivity index (χ1) is 6.95. The smallest absolute Gasteiger partial charge is 0.225 e. The van der Waals surface area contributed by atoms with Gasteiger partial charge in [0, 0.05) is 17.0 Å². The molecule has 0 aromatic carbocycles. The molecule has 1 amide bonds. The number of hydrogen-bond donors (Lipinski definition) is 1. The monoisotopic (exact) mass is 226 g/mol. The molecular weight excluding hydrogens is 208 g/mol. The maximum Gasteiger partial charge on any atom is 0.225 e. The van der Waals surface area contributed by atoms with Crippen molar-refractivity contribution in [2.24, 2.45) is 5.41 Å². The summed E-state index contributed by atoms with van der Waals surface area (Å²) in [6, 6.07) is 0.0525. The second-order valence-electron chi connectivity index (χ2n) is 4.55. The van der Waals surface area contributed by atoms with Gasteiger partial charge in [-0.15, -0.1) is 11.3 Å². The number of nitrogens with zero attached hydrogens (tertiary/aromatic N) is 1. The van der Waals surface area contributed by atoms with Crippen molar-refractivity contribution in [1.29, 1.82) is 0 Å². The second kappa shape index (κ2) is 4.75. The lowest BCUT2D eigenvalue weighted by Gasteiger charge is -2.22. The van der Waals surface area contributed by atoms with Crippen molar-refractivity contribution in [1.82, 2.24) is 10.3 Å². The summed E-state index contributed by atoms with van der Waals surface area (Å²) in [6.07, 6.45) is 2.64. The van der Waals surface area contributed by atoms with E-state index in [1.807, 2.05) is 26.2 Å². The molecule has 15 heavy (non-hydrogen) atoms. The van der Waals surface area contributed by atoms with Crippen LogP contribution in [-0.4, -0.2) is 10.9 Å². The minimum absolute atomic E-state index is 0.0525. The third kappa shape index (κ3) is 3.30. The van der Waals surface area contributed by atoms with Gasteiger partial charge in [-0.05, 0) is 6.42 Å². The number of carbonyl (C=O) groups excluding carboxylic acids is 1. The molecule has 0 radical (unpaired) electrons. The molecule has 0 fully saturated rings. The predicted octanol–water partition coefficient (Wildman–Crippen LogP) is 2.76. The van der Waals surface area contributed by atoms with Crippen molar-refractivity contribution < 1.29 is 4.79 Å². The van der Waals surface area contributed by atoms with Crippen molar-refractivity contribution in [2.75, 3.05) is 0 Å². The van der Waals surface area contributed by atoms with Gasteiger partial charge >= 0.3 is 0 Å². The Morgan fingerprint density at radius 2 is 2.27 bits per heavy atom. The fourth-order valence-electron chi connectivity index (χ4n) is 1.12. The van der Waals surface area contributed by atoms with E-state index in [-0.39, 0.29) is 17.4 Å². The summed E-state index contributed by atoms with van der Waals surface area (Å²) in [7, 11) is 0. The lowest BCUT2D eigenvalue weighted by molar-refractivity contribution is -0.129. The second-order valence-corrected chi connectivity index (χ2v) is 5.48. The molecule has 1 rings (SSSR count). The van der Waals surface area contributed by atoms with E-state index in [2.05, 4.69) is 17.2 Å². The Bertz CT molecular complexity index is 314. The van der Waals surface area contributed by atoms with Crippen LogP contribution in [-0.2, 0) is 4.79 Å². The van der Waals surface area contributed by atoms with Crippen molar-refractivity contribution >= 4 is 17.2 Å². The van der Waals surface area contributed by atoms with Gasteiger partial charge in [0.2, 0.25) is 5.91 Å². The molecule has 1 aromatic heterocycles. The molecule has 3 nitrogen and oxygen atoms in total. The van der Waals surface area contributed by atoms with Gasteiger partial charge in [0.25, 0.3) is 0 Å². The van der Waals surface area contributed by atoms with Crippen molar-refractivity contribution in [3.63, 3.8) is 0 Å². The number of hydrogen-bond acceptors (Lipinski definition) is 3. The van der Waals surface area contributed by atoms with Crippen molar-refractivity contribution in [2.45, 2.75) is 40.2 Å². The van der Waals surface area contributed by atoms with E-state index >= 15 is 0 Å². The largest absolute Gasteiger partial charge is 0.346 e. The zero-order valence-electron chi connectivity index (χ0n) is 9.70. The zero-order valence-corrected chi connectivity index (χ0v) is 10.5. The summed E-state index contributed by atoms with van der Waals surface area (Å²) >= 11 is 1.58. The Balaban J connectivity index is 2.67. The van der Waals surface area contributed by atoms with E-state index in [0.29, 0.717) is 0 Å². The lowest BCUT2D eigenvalue weighted by Crippen LogP contribution is -2.37. The van der Waals surface area contributed by atoms with Gasteiger partial charge in [0.1, 0.15) is 5.01 Å². The maximum atomic E-state index is 11.8. The van der Waals surface area contributed by atoms with E-state index < -0.39 is 0 Å². The number of carbonyl (C=O) groups is 1. The van der Waals surface area contributed by atoms with Crippen LogP contribution in [0.25, 0.3) is 0 Å². The molecule has 0 bridgehead atoms. The molecule has 1 N–H and O–H groups in total. The number of rotatable bonds is 3.